The summed E-state index contributed by atoms with van der Waals surface area (Å²) in [4.78, 5) is 23.8. The van der Waals surface area contributed by atoms with Crippen LogP contribution < -0.4 is 0 Å². The van der Waals surface area contributed by atoms with E-state index in [9.17, 15) is 9.59 Å². The number of aliphatic hydroxyl groups is 1. The molecule has 0 radical (unpaired) electrons. The van der Waals surface area contributed by atoms with Crippen LogP contribution in [0.5, 0.6) is 0 Å². The number of carbonyl (C=O) groups is 2. The number of hydrogen-bond acceptors (Lipinski definition) is 3. The lowest BCUT2D eigenvalue weighted by Gasteiger charge is -2.27. The number of hydrogen-bond donors (Lipinski definition) is 2. The van der Waals surface area contributed by atoms with Crippen LogP contribution in [0.15, 0.2) is 0 Å². The highest BCUT2D eigenvalue weighted by Gasteiger charge is 2.29. The fraction of sp³-hybridized carbons (Fsp3) is 0.800. The molecule has 0 rings (SSSR count). The molecule has 5 heteroatoms. The van der Waals surface area contributed by atoms with Crippen LogP contribution in [-0.2, 0) is 9.59 Å². The van der Waals surface area contributed by atoms with Crippen molar-refractivity contribution in [1.82, 2.24) is 4.90 Å². The van der Waals surface area contributed by atoms with E-state index in [2.05, 4.69) is 0 Å². The number of carbonyl (C=O) groups excluding carboxylic acids is 1. The predicted octanol–water partition coefficient (Wildman–Crippen LogP) is 0.182. The van der Waals surface area contributed by atoms with Crippen molar-refractivity contribution in [3.8, 4) is 0 Å². The van der Waals surface area contributed by atoms with Crippen LogP contribution >= 0.6 is 0 Å². The van der Waals surface area contributed by atoms with Gasteiger partial charge in [-0.3, -0.25) is 9.59 Å². The minimum Gasteiger partial charge on any atom is -0.481 e. The molecule has 0 spiro atoms. The summed E-state index contributed by atoms with van der Waals surface area (Å²) in [5, 5.41) is 17.6. The van der Waals surface area contributed by atoms with Gasteiger partial charge in [-0.2, -0.15) is 0 Å². The second-order valence-corrected chi connectivity index (χ2v) is 3.90. The zero-order valence-electron chi connectivity index (χ0n) is 9.60. The van der Waals surface area contributed by atoms with E-state index in [1.165, 1.54) is 11.8 Å². The first-order valence-corrected chi connectivity index (χ1v) is 4.93. The average Bonchev–Trinajstić information content (AvgIpc) is 2.23. The van der Waals surface area contributed by atoms with Gasteiger partial charge in [0.1, 0.15) is 0 Å². The van der Waals surface area contributed by atoms with Gasteiger partial charge in [0.25, 0.3) is 0 Å². The van der Waals surface area contributed by atoms with Crippen molar-refractivity contribution in [3.63, 3.8) is 0 Å². The van der Waals surface area contributed by atoms with Crippen LogP contribution in [0.25, 0.3) is 0 Å². The molecule has 3 unspecified atom stereocenters. The zero-order chi connectivity index (χ0) is 12.2. The minimum atomic E-state index is -0.985. The molecule has 0 aromatic heterocycles. The van der Waals surface area contributed by atoms with E-state index in [1.54, 1.807) is 20.9 Å². The van der Waals surface area contributed by atoms with Crippen molar-refractivity contribution in [1.29, 1.82) is 0 Å². The summed E-state index contributed by atoms with van der Waals surface area (Å²) in [6.45, 7) is 4.66. The number of likely N-dealkylation sites (N-methyl/N-ethyl adjacent to an activating group) is 1. The Morgan fingerprint density at radius 3 is 2.00 bits per heavy atom. The van der Waals surface area contributed by atoms with Crippen LogP contribution in [0, 0.1) is 11.8 Å². The molecule has 0 aliphatic rings. The summed E-state index contributed by atoms with van der Waals surface area (Å²) in [5.74, 6) is -2.54. The van der Waals surface area contributed by atoms with Gasteiger partial charge in [-0.15, -0.1) is 0 Å². The van der Waals surface area contributed by atoms with Crippen molar-refractivity contribution >= 4 is 11.9 Å². The van der Waals surface area contributed by atoms with E-state index in [-0.39, 0.29) is 18.6 Å². The highest BCUT2D eigenvalue weighted by atomic mass is 16.4. The summed E-state index contributed by atoms with van der Waals surface area (Å²) in [6, 6.07) is -0.291. The summed E-state index contributed by atoms with van der Waals surface area (Å²) in [7, 11) is 1.56. The Balaban J connectivity index is 4.50. The number of nitrogens with zero attached hydrogens (tertiary/aromatic N) is 1. The van der Waals surface area contributed by atoms with Crippen LogP contribution in [-0.4, -0.2) is 46.7 Å². The highest BCUT2D eigenvalue weighted by molar-refractivity contribution is 5.84. The first kappa shape index (κ1) is 13.9. The minimum absolute atomic E-state index is 0.129. The van der Waals surface area contributed by atoms with Crippen molar-refractivity contribution in [2.24, 2.45) is 11.8 Å². The first-order chi connectivity index (χ1) is 6.82. The van der Waals surface area contributed by atoms with E-state index in [0.717, 1.165) is 0 Å². The second-order valence-electron chi connectivity index (χ2n) is 3.90. The predicted molar refractivity (Wildman–Crippen MR) is 55.3 cm³/mol. The standard InChI is InChI=1S/C10H19NO4/c1-6(5-12)11(4)9(13)7(2)8(3)10(14)15/h6-8,12H,5H2,1-4H3,(H,14,15). The number of carboxylic acids is 1. The average molecular weight is 217 g/mol. The molecule has 0 bridgehead atoms. The Bertz CT molecular complexity index is 242. The van der Waals surface area contributed by atoms with Crippen molar-refractivity contribution in [3.05, 3.63) is 0 Å². The molecular formula is C10H19NO4. The van der Waals surface area contributed by atoms with E-state index < -0.39 is 17.8 Å². The molecule has 0 fully saturated rings. The maximum Gasteiger partial charge on any atom is 0.307 e. The van der Waals surface area contributed by atoms with Gasteiger partial charge >= 0.3 is 5.97 Å². The van der Waals surface area contributed by atoms with E-state index in [4.69, 9.17) is 10.2 Å². The Morgan fingerprint density at radius 2 is 1.67 bits per heavy atom. The molecular weight excluding hydrogens is 198 g/mol. The molecule has 0 aliphatic carbocycles. The Hall–Kier alpha value is -1.10. The maximum atomic E-state index is 11.7. The lowest BCUT2D eigenvalue weighted by Crippen LogP contribution is -2.42. The second kappa shape index (κ2) is 5.70. The van der Waals surface area contributed by atoms with Crippen molar-refractivity contribution in [2.75, 3.05) is 13.7 Å². The number of aliphatic hydroxyl groups excluding tert-OH is 1. The lowest BCUT2D eigenvalue weighted by atomic mass is 9.94. The third-order valence-electron chi connectivity index (χ3n) is 2.80. The third kappa shape index (κ3) is 3.51. The largest absolute Gasteiger partial charge is 0.481 e. The molecule has 0 saturated carbocycles. The number of carboxylic acid groups (broad SMARTS) is 1. The topological polar surface area (TPSA) is 77.8 Å². The molecule has 3 atom stereocenters. The smallest absolute Gasteiger partial charge is 0.307 e. The number of aliphatic carboxylic acids is 1. The molecule has 0 aliphatic heterocycles. The molecule has 0 aromatic rings. The van der Waals surface area contributed by atoms with Gasteiger partial charge in [0.2, 0.25) is 5.91 Å². The maximum absolute atomic E-state index is 11.7. The van der Waals surface area contributed by atoms with Crippen molar-refractivity contribution < 1.29 is 19.8 Å². The van der Waals surface area contributed by atoms with Crippen LogP contribution in [0.1, 0.15) is 20.8 Å². The third-order valence-corrected chi connectivity index (χ3v) is 2.80. The number of amides is 1. The molecule has 5 nitrogen and oxygen atoms in total. The van der Waals surface area contributed by atoms with Crippen LogP contribution in [0.2, 0.25) is 0 Å². The monoisotopic (exact) mass is 217 g/mol. The normalized spacial score (nSPS) is 16.6. The Kier molecular flexibility index (Phi) is 5.28. The molecule has 0 aromatic carbocycles. The van der Waals surface area contributed by atoms with Gasteiger partial charge in [-0.1, -0.05) is 13.8 Å². The first-order valence-electron chi connectivity index (χ1n) is 4.93. The summed E-state index contributed by atoms with van der Waals surface area (Å²) >= 11 is 0. The Morgan fingerprint density at radius 1 is 1.20 bits per heavy atom. The Labute approximate surface area is 89.7 Å². The summed E-state index contributed by atoms with van der Waals surface area (Å²) in [6.07, 6.45) is 0. The van der Waals surface area contributed by atoms with Gasteiger partial charge in [0.05, 0.1) is 18.6 Å². The van der Waals surface area contributed by atoms with Gasteiger partial charge < -0.3 is 15.1 Å². The molecule has 88 valence electrons. The quantitative estimate of drug-likeness (QED) is 0.688. The fourth-order valence-corrected chi connectivity index (χ4v) is 1.09. The van der Waals surface area contributed by atoms with E-state index in [0.29, 0.717) is 0 Å². The summed E-state index contributed by atoms with van der Waals surface area (Å²) < 4.78 is 0. The van der Waals surface area contributed by atoms with Gasteiger partial charge in [-0.05, 0) is 6.92 Å². The SMILES string of the molecule is CC(C(=O)O)C(C)C(=O)N(C)C(C)CO. The molecule has 2 N–H and O–H groups in total. The lowest BCUT2D eigenvalue weighted by molar-refractivity contribution is -0.149. The van der Waals surface area contributed by atoms with Gasteiger partial charge in [0, 0.05) is 13.0 Å². The van der Waals surface area contributed by atoms with Crippen LogP contribution in [0.4, 0.5) is 0 Å². The zero-order valence-corrected chi connectivity index (χ0v) is 9.60. The van der Waals surface area contributed by atoms with E-state index >= 15 is 0 Å². The molecule has 15 heavy (non-hydrogen) atoms. The van der Waals surface area contributed by atoms with Gasteiger partial charge in [0.15, 0.2) is 0 Å². The molecule has 0 saturated heterocycles. The number of rotatable bonds is 5. The van der Waals surface area contributed by atoms with E-state index in [1.807, 2.05) is 0 Å². The summed E-state index contributed by atoms with van der Waals surface area (Å²) in [5.41, 5.74) is 0. The fourth-order valence-electron chi connectivity index (χ4n) is 1.09. The molecule has 1 amide bonds. The van der Waals surface area contributed by atoms with Gasteiger partial charge in [-0.25, -0.2) is 0 Å². The van der Waals surface area contributed by atoms with Crippen molar-refractivity contribution in [2.45, 2.75) is 26.8 Å². The molecule has 0 heterocycles. The highest BCUT2D eigenvalue weighted by Crippen LogP contribution is 2.15. The van der Waals surface area contributed by atoms with Crippen LogP contribution in [0.3, 0.4) is 0 Å².